The Kier molecular flexibility index (Phi) is 5.96. The Labute approximate surface area is 66.4 Å². The third kappa shape index (κ3) is 11.5. The molecule has 1 atom stereocenters. The molecular formula is C5H7F3N2O2. The molecule has 0 spiro atoms. The zero-order chi connectivity index (χ0) is 10.4. The highest BCUT2D eigenvalue weighted by Crippen LogP contribution is 2.13. The second kappa shape index (κ2) is 5.37. The molecule has 4 nitrogen and oxygen atoms in total. The maximum absolute atomic E-state index is 10.6. The number of alkyl halides is 3. The van der Waals surface area contributed by atoms with Gasteiger partial charge in [0.05, 0.1) is 12.1 Å². The number of rotatable bonds is 0. The number of carboxylic acid groups (broad SMARTS) is 1. The molecule has 1 unspecified atom stereocenters. The van der Waals surface area contributed by atoms with Crippen molar-refractivity contribution in [3.63, 3.8) is 0 Å². The van der Waals surface area contributed by atoms with Crippen molar-refractivity contribution in [1.82, 2.24) is 0 Å². The highest BCUT2D eigenvalue weighted by atomic mass is 19.4. The van der Waals surface area contributed by atoms with Crippen molar-refractivity contribution in [2.45, 2.75) is 19.1 Å². The Morgan fingerprint density at radius 2 is 1.83 bits per heavy atom. The van der Waals surface area contributed by atoms with E-state index in [0.717, 1.165) is 0 Å². The van der Waals surface area contributed by atoms with Gasteiger partial charge in [-0.25, -0.2) is 4.79 Å². The van der Waals surface area contributed by atoms with Crippen LogP contribution in [0.1, 0.15) is 6.92 Å². The van der Waals surface area contributed by atoms with Gasteiger partial charge < -0.3 is 10.8 Å². The van der Waals surface area contributed by atoms with Crippen LogP contribution in [0.2, 0.25) is 0 Å². The topological polar surface area (TPSA) is 87.1 Å². The summed E-state index contributed by atoms with van der Waals surface area (Å²) < 4.78 is 31.7. The Morgan fingerprint density at radius 1 is 1.67 bits per heavy atom. The fourth-order valence-corrected chi connectivity index (χ4v) is 0. The number of nitriles is 1. The predicted molar refractivity (Wildman–Crippen MR) is 33.0 cm³/mol. The van der Waals surface area contributed by atoms with Crippen LogP contribution in [0.25, 0.3) is 0 Å². The van der Waals surface area contributed by atoms with Crippen molar-refractivity contribution in [1.29, 1.82) is 5.26 Å². The fraction of sp³-hybridized carbons (Fsp3) is 0.600. The summed E-state index contributed by atoms with van der Waals surface area (Å²) >= 11 is 0. The molecule has 70 valence electrons. The average molecular weight is 184 g/mol. The first kappa shape index (κ1) is 13.3. The Bertz CT molecular complexity index is 182. The Balaban J connectivity index is 0. The summed E-state index contributed by atoms with van der Waals surface area (Å²) in [5.41, 5.74) is 4.93. The summed E-state index contributed by atoms with van der Waals surface area (Å²) in [4.78, 5) is 8.90. The van der Waals surface area contributed by atoms with E-state index in [2.05, 4.69) is 0 Å². The molecule has 0 aromatic rings. The highest BCUT2D eigenvalue weighted by Gasteiger charge is 2.38. The molecule has 0 aromatic carbocycles. The summed E-state index contributed by atoms with van der Waals surface area (Å²) in [5.74, 6) is -2.76. The van der Waals surface area contributed by atoms with E-state index < -0.39 is 12.1 Å². The van der Waals surface area contributed by atoms with Crippen molar-refractivity contribution >= 4 is 5.97 Å². The number of aliphatic carboxylic acids is 1. The van der Waals surface area contributed by atoms with Gasteiger partial charge in [0.2, 0.25) is 0 Å². The lowest BCUT2D eigenvalue weighted by Gasteiger charge is -1.93. The van der Waals surface area contributed by atoms with E-state index >= 15 is 0 Å². The Hall–Kier alpha value is -1.29. The molecule has 7 heteroatoms. The van der Waals surface area contributed by atoms with Gasteiger partial charge in [0.25, 0.3) is 0 Å². The zero-order valence-electron chi connectivity index (χ0n) is 6.09. The van der Waals surface area contributed by atoms with Gasteiger partial charge in [-0.3, -0.25) is 0 Å². The second-order valence-electron chi connectivity index (χ2n) is 1.72. The molecule has 0 saturated heterocycles. The zero-order valence-corrected chi connectivity index (χ0v) is 6.09. The van der Waals surface area contributed by atoms with Crippen molar-refractivity contribution in [3.8, 4) is 6.07 Å². The minimum absolute atomic E-state index is 0.310. The van der Waals surface area contributed by atoms with Crippen LogP contribution in [0.4, 0.5) is 13.2 Å². The quantitative estimate of drug-likeness (QED) is 0.573. The monoisotopic (exact) mass is 184 g/mol. The number of nitrogens with two attached hydrogens (primary N) is 1. The van der Waals surface area contributed by atoms with Crippen molar-refractivity contribution < 1.29 is 23.1 Å². The fourth-order valence-electron chi connectivity index (χ4n) is 0. The number of halogens is 3. The van der Waals surface area contributed by atoms with E-state index in [-0.39, 0.29) is 6.04 Å². The van der Waals surface area contributed by atoms with Crippen LogP contribution in [0.5, 0.6) is 0 Å². The molecule has 0 aliphatic carbocycles. The maximum atomic E-state index is 10.6. The van der Waals surface area contributed by atoms with Gasteiger partial charge in [-0.1, -0.05) is 0 Å². The molecule has 0 heterocycles. The SMILES string of the molecule is CC(N)C#N.O=C(O)C(F)(F)F. The van der Waals surface area contributed by atoms with Crippen molar-refractivity contribution in [2.24, 2.45) is 5.73 Å². The molecule has 0 aromatic heterocycles. The number of carbonyl (C=O) groups is 1. The number of nitrogens with zero attached hydrogens (tertiary/aromatic N) is 1. The van der Waals surface area contributed by atoms with Crippen LogP contribution in [0.15, 0.2) is 0 Å². The van der Waals surface area contributed by atoms with E-state index in [4.69, 9.17) is 20.9 Å². The lowest BCUT2D eigenvalue weighted by atomic mass is 10.4. The standard InChI is InChI=1S/C3H6N2.C2HF3O2/c1-3(5)2-4;3-2(4,5)1(6)7/h3H,5H2,1H3;(H,6,7). The third-order valence-electron chi connectivity index (χ3n) is 0.446. The molecule has 0 rings (SSSR count). The largest absolute Gasteiger partial charge is 0.490 e. The van der Waals surface area contributed by atoms with Crippen LogP contribution >= 0.6 is 0 Å². The molecule has 0 aliphatic heterocycles. The molecule has 0 saturated carbocycles. The molecule has 3 N–H and O–H groups in total. The van der Waals surface area contributed by atoms with Crippen molar-refractivity contribution in [2.75, 3.05) is 0 Å². The van der Waals surface area contributed by atoms with E-state index in [1.54, 1.807) is 13.0 Å². The molecule has 0 bridgehead atoms. The van der Waals surface area contributed by atoms with Gasteiger partial charge in [0.1, 0.15) is 0 Å². The summed E-state index contributed by atoms with van der Waals surface area (Å²) in [7, 11) is 0. The first-order chi connectivity index (χ1) is 5.21. The van der Waals surface area contributed by atoms with Gasteiger partial charge in [0.15, 0.2) is 0 Å². The van der Waals surface area contributed by atoms with E-state index in [0.29, 0.717) is 0 Å². The number of hydrogen-bond acceptors (Lipinski definition) is 3. The van der Waals surface area contributed by atoms with Crippen molar-refractivity contribution in [3.05, 3.63) is 0 Å². The minimum atomic E-state index is -5.08. The van der Waals surface area contributed by atoms with Gasteiger partial charge in [-0.2, -0.15) is 18.4 Å². The van der Waals surface area contributed by atoms with Gasteiger partial charge in [-0.05, 0) is 6.92 Å². The molecular weight excluding hydrogens is 177 g/mol. The maximum Gasteiger partial charge on any atom is 0.490 e. The van der Waals surface area contributed by atoms with Crippen LogP contribution in [-0.2, 0) is 4.79 Å². The highest BCUT2D eigenvalue weighted by molar-refractivity contribution is 5.73. The second-order valence-corrected chi connectivity index (χ2v) is 1.72. The van der Waals surface area contributed by atoms with Gasteiger partial charge in [0, 0.05) is 0 Å². The molecule has 0 aliphatic rings. The van der Waals surface area contributed by atoms with E-state index in [9.17, 15) is 13.2 Å². The van der Waals surface area contributed by atoms with Crippen LogP contribution in [-0.4, -0.2) is 23.3 Å². The van der Waals surface area contributed by atoms with E-state index in [1.165, 1.54) is 0 Å². The van der Waals surface area contributed by atoms with Gasteiger partial charge in [-0.15, -0.1) is 0 Å². The normalized spacial score (nSPS) is 12.0. The third-order valence-corrected chi connectivity index (χ3v) is 0.446. The average Bonchev–Trinajstić information content (AvgIpc) is 1.87. The molecule has 12 heavy (non-hydrogen) atoms. The van der Waals surface area contributed by atoms with Crippen LogP contribution < -0.4 is 5.73 Å². The molecule has 0 fully saturated rings. The van der Waals surface area contributed by atoms with Crippen LogP contribution in [0.3, 0.4) is 0 Å². The molecule has 0 radical (unpaired) electrons. The first-order valence-electron chi connectivity index (χ1n) is 2.67. The Morgan fingerprint density at radius 3 is 1.83 bits per heavy atom. The first-order valence-corrected chi connectivity index (χ1v) is 2.67. The minimum Gasteiger partial charge on any atom is -0.475 e. The summed E-state index contributed by atoms with van der Waals surface area (Å²) in [6, 6.07) is 1.50. The molecule has 0 amide bonds. The number of hydrogen-bond donors (Lipinski definition) is 2. The van der Waals surface area contributed by atoms with E-state index in [1.807, 2.05) is 0 Å². The van der Waals surface area contributed by atoms with Gasteiger partial charge >= 0.3 is 12.1 Å². The lowest BCUT2D eigenvalue weighted by molar-refractivity contribution is -0.192. The number of carboxylic acids is 1. The predicted octanol–water partition coefficient (Wildman–Crippen LogP) is 0.490. The summed E-state index contributed by atoms with van der Waals surface area (Å²) in [5, 5.41) is 14.9. The van der Waals surface area contributed by atoms with Crippen LogP contribution in [0, 0.1) is 11.3 Å². The smallest absolute Gasteiger partial charge is 0.475 e. The lowest BCUT2D eigenvalue weighted by Crippen LogP contribution is -2.21. The summed E-state index contributed by atoms with van der Waals surface area (Å²) in [6.45, 7) is 1.64. The summed E-state index contributed by atoms with van der Waals surface area (Å²) in [6.07, 6.45) is -5.08.